The lowest BCUT2D eigenvalue weighted by atomic mass is 10.2. The van der Waals surface area contributed by atoms with Crippen molar-refractivity contribution < 1.29 is 21.6 Å². The molecule has 1 aromatic rings. The van der Waals surface area contributed by atoms with Gasteiger partial charge >= 0.3 is 6.18 Å². The number of halogens is 3. The van der Waals surface area contributed by atoms with Gasteiger partial charge in [0.25, 0.3) is 0 Å². The Kier molecular flexibility index (Phi) is 4.55. The number of pyridine rings is 1. The van der Waals surface area contributed by atoms with Crippen LogP contribution in [0, 0.1) is 0 Å². The fraction of sp³-hybridized carbons (Fsp3) is 0.500. The summed E-state index contributed by atoms with van der Waals surface area (Å²) < 4.78 is 59.5. The average Bonchev–Trinajstić information content (AvgIpc) is 2.28. The van der Waals surface area contributed by atoms with E-state index in [2.05, 4.69) is 10.3 Å². The van der Waals surface area contributed by atoms with Gasteiger partial charge in [-0.25, -0.2) is 13.4 Å². The Morgan fingerprint density at radius 1 is 1.39 bits per heavy atom. The van der Waals surface area contributed by atoms with Crippen LogP contribution in [0.5, 0.6) is 0 Å². The summed E-state index contributed by atoms with van der Waals surface area (Å²) in [6.07, 6.45) is -3.41. The van der Waals surface area contributed by atoms with E-state index in [1.807, 2.05) is 0 Å². The molecular weight excluding hydrogens is 269 g/mol. The molecule has 0 amide bonds. The van der Waals surface area contributed by atoms with Gasteiger partial charge in [-0.2, -0.15) is 13.2 Å². The highest BCUT2D eigenvalue weighted by atomic mass is 32.2. The first kappa shape index (κ1) is 14.7. The second-order valence-electron chi connectivity index (χ2n) is 3.59. The predicted octanol–water partition coefficient (Wildman–Crippen LogP) is 1.95. The van der Waals surface area contributed by atoms with Gasteiger partial charge < -0.3 is 5.32 Å². The van der Waals surface area contributed by atoms with E-state index >= 15 is 0 Å². The van der Waals surface area contributed by atoms with Crippen LogP contribution in [-0.2, 0) is 16.0 Å². The molecule has 0 spiro atoms. The highest BCUT2D eigenvalue weighted by molar-refractivity contribution is 7.91. The lowest BCUT2D eigenvalue weighted by Gasteiger charge is -2.09. The van der Waals surface area contributed by atoms with Crippen LogP contribution in [0.4, 0.5) is 19.0 Å². The van der Waals surface area contributed by atoms with Crippen molar-refractivity contribution in [2.75, 3.05) is 23.4 Å². The summed E-state index contributed by atoms with van der Waals surface area (Å²) in [5.74, 6) is -0.123. The second kappa shape index (κ2) is 5.55. The number of nitrogens with one attached hydrogen (secondary N) is 1. The molecule has 8 heteroatoms. The van der Waals surface area contributed by atoms with Crippen LogP contribution in [0.3, 0.4) is 0 Å². The summed E-state index contributed by atoms with van der Waals surface area (Å²) in [4.78, 5) is 3.69. The summed E-state index contributed by atoms with van der Waals surface area (Å²) in [6, 6.07) is 1.70. The molecule has 1 heterocycles. The van der Waals surface area contributed by atoms with E-state index < -0.39 is 21.6 Å². The van der Waals surface area contributed by atoms with Gasteiger partial charge in [0, 0.05) is 18.5 Å². The van der Waals surface area contributed by atoms with Crippen LogP contribution in [0.2, 0.25) is 0 Å². The maximum absolute atomic E-state index is 12.4. The first-order valence-corrected chi connectivity index (χ1v) is 7.04. The Morgan fingerprint density at radius 3 is 2.61 bits per heavy atom. The molecule has 1 rings (SSSR count). The number of aromatic nitrogens is 1. The Bertz CT molecular complexity index is 500. The quantitative estimate of drug-likeness (QED) is 0.896. The minimum absolute atomic E-state index is 0.00466. The molecule has 0 aromatic carbocycles. The molecule has 0 atom stereocenters. The Hall–Kier alpha value is -1.31. The maximum atomic E-state index is 12.4. The largest absolute Gasteiger partial charge is 0.416 e. The van der Waals surface area contributed by atoms with Gasteiger partial charge in [-0.05, 0) is 12.1 Å². The second-order valence-corrected chi connectivity index (χ2v) is 6.06. The highest BCUT2D eigenvalue weighted by Gasteiger charge is 2.30. The fourth-order valence-electron chi connectivity index (χ4n) is 1.18. The number of sulfone groups is 1. The molecule has 0 bridgehead atoms. The molecule has 4 nitrogen and oxygen atoms in total. The molecule has 0 unspecified atom stereocenters. The lowest BCUT2D eigenvalue weighted by Crippen LogP contribution is -2.18. The molecular formula is C10H13F3N2O2S. The molecule has 1 aromatic heterocycles. The van der Waals surface area contributed by atoms with Crippen LogP contribution >= 0.6 is 0 Å². The third-order valence-corrected chi connectivity index (χ3v) is 3.95. The number of hydrogen-bond acceptors (Lipinski definition) is 4. The van der Waals surface area contributed by atoms with Crippen molar-refractivity contribution in [1.82, 2.24) is 4.98 Å². The maximum Gasteiger partial charge on any atom is 0.416 e. The molecule has 1 N–H and O–H groups in total. The zero-order valence-corrected chi connectivity index (χ0v) is 10.5. The molecule has 0 aliphatic rings. The number of rotatable bonds is 5. The summed E-state index contributed by atoms with van der Waals surface area (Å²) in [7, 11) is -3.14. The Balaban J connectivity index is 2.64. The van der Waals surface area contributed by atoms with Gasteiger partial charge in [0.2, 0.25) is 0 Å². The zero-order valence-electron chi connectivity index (χ0n) is 9.66. The van der Waals surface area contributed by atoms with E-state index in [9.17, 15) is 21.6 Å². The average molecular weight is 282 g/mol. The van der Waals surface area contributed by atoms with E-state index in [1.165, 1.54) is 6.92 Å². The SMILES string of the molecule is CCS(=O)(=O)CCNc1cc(C(F)(F)F)ccn1. The molecule has 0 aliphatic carbocycles. The van der Waals surface area contributed by atoms with Crippen molar-refractivity contribution in [3.63, 3.8) is 0 Å². The van der Waals surface area contributed by atoms with Crippen molar-refractivity contribution >= 4 is 15.7 Å². The van der Waals surface area contributed by atoms with Gasteiger partial charge in [0.1, 0.15) is 5.82 Å². The Labute approximate surface area is 103 Å². The predicted molar refractivity (Wildman–Crippen MR) is 62.1 cm³/mol. The van der Waals surface area contributed by atoms with Crippen LogP contribution in [-0.4, -0.2) is 31.5 Å². The lowest BCUT2D eigenvalue weighted by molar-refractivity contribution is -0.137. The van der Waals surface area contributed by atoms with Crippen LogP contribution in [0.15, 0.2) is 18.3 Å². The zero-order chi connectivity index (χ0) is 13.8. The summed E-state index contributed by atoms with van der Waals surface area (Å²) >= 11 is 0. The van der Waals surface area contributed by atoms with Crippen molar-refractivity contribution in [3.8, 4) is 0 Å². The van der Waals surface area contributed by atoms with Crippen LogP contribution < -0.4 is 5.32 Å². The van der Waals surface area contributed by atoms with Crippen LogP contribution in [0.1, 0.15) is 12.5 Å². The van der Waals surface area contributed by atoms with Gasteiger partial charge in [-0.15, -0.1) is 0 Å². The van der Waals surface area contributed by atoms with Crippen molar-refractivity contribution in [3.05, 3.63) is 23.9 Å². The third-order valence-electron chi connectivity index (χ3n) is 2.25. The fourth-order valence-corrected chi connectivity index (χ4v) is 1.88. The van der Waals surface area contributed by atoms with E-state index in [-0.39, 0.29) is 23.9 Å². The number of anilines is 1. The molecule has 0 fully saturated rings. The summed E-state index contributed by atoms with van der Waals surface area (Å²) in [5, 5.41) is 2.56. The van der Waals surface area contributed by atoms with Gasteiger partial charge in [-0.3, -0.25) is 0 Å². The van der Waals surface area contributed by atoms with Gasteiger partial charge in [0.05, 0.1) is 11.3 Å². The van der Waals surface area contributed by atoms with Crippen molar-refractivity contribution in [2.45, 2.75) is 13.1 Å². The van der Waals surface area contributed by atoms with Crippen LogP contribution in [0.25, 0.3) is 0 Å². The standard InChI is InChI=1S/C10H13F3N2O2S/c1-2-18(16,17)6-5-15-9-7-8(3-4-14-9)10(11,12)13/h3-4,7H,2,5-6H2,1H3,(H,14,15). The van der Waals surface area contributed by atoms with Gasteiger partial charge in [-0.1, -0.05) is 6.92 Å². The Morgan fingerprint density at radius 2 is 2.06 bits per heavy atom. The topological polar surface area (TPSA) is 59.1 Å². The summed E-state index contributed by atoms with van der Waals surface area (Å²) in [6.45, 7) is 1.54. The number of nitrogens with zero attached hydrogens (tertiary/aromatic N) is 1. The minimum atomic E-state index is -4.44. The molecule has 0 aliphatic heterocycles. The minimum Gasteiger partial charge on any atom is -0.369 e. The normalized spacial score (nSPS) is 12.4. The number of alkyl halides is 3. The first-order chi connectivity index (χ1) is 8.24. The highest BCUT2D eigenvalue weighted by Crippen LogP contribution is 2.29. The molecule has 0 radical (unpaired) electrons. The summed E-state index contributed by atoms with van der Waals surface area (Å²) in [5.41, 5.74) is -0.821. The van der Waals surface area contributed by atoms with E-state index in [4.69, 9.17) is 0 Å². The number of hydrogen-bond donors (Lipinski definition) is 1. The van der Waals surface area contributed by atoms with E-state index in [0.29, 0.717) is 0 Å². The molecule has 0 saturated heterocycles. The van der Waals surface area contributed by atoms with E-state index in [1.54, 1.807) is 0 Å². The third kappa shape index (κ3) is 4.52. The van der Waals surface area contributed by atoms with E-state index in [0.717, 1.165) is 18.3 Å². The monoisotopic (exact) mass is 282 g/mol. The van der Waals surface area contributed by atoms with Gasteiger partial charge in [0.15, 0.2) is 9.84 Å². The smallest absolute Gasteiger partial charge is 0.369 e. The first-order valence-electron chi connectivity index (χ1n) is 5.22. The molecule has 102 valence electrons. The van der Waals surface area contributed by atoms with Crippen molar-refractivity contribution in [1.29, 1.82) is 0 Å². The molecule has 0 saturated carbocycles. The van der Waals surface area contributed by atoms with Crippen molar-refractivity contribution in [2.24, 2.45) is 0 Å². The molecule has 18 heavy (non-hydrogen) atoms.